The van der Waals surface area contributed by atoms with Crippen molar-refractivity contribution in [2.75, 3.05) is 0 Å². The van der Waals surface area contributed by atoms with E-state index in [0.717, 1.165) is 6.07 Å². The SMILES string of the molecule is NCc1ncc(-c2ccc(Br)c(C(F)(F)F)c2)o1. The summed E-state index contributed by atoms with van der Waals surface area (Å²) < 4.78 is 43.3. The zero-order valence-electron chi connectivity index (χ0n) is 8.96. The maximum absolute atomic E-state index is 12.7. The van der Waals surface area contributed by atoms with Gasteiger partial charge in [-0.05, 0) is 12.1 Å². The second-order valence-corrected chi connectivity index (χ2v) is 4.37. The van der Waals surface area contributed by atoms with E-state index in [1.807, 2.05) is 0 Å². The third-order valence-corrected chi connectivity index (χ3v) is 2.98. The first kappa shape index (κ1) is 13.1. The molecule has 0 fully saturated rings. The molecule has 0 saturated carbocycles. The summed E-state index contributed by atoms with van der Waals surface area (Å²) in [4.78, 5) is 3.84. The third-order valence-electron chi connectivity index (χ3n) is 2.28. The van der Waals surface area contributed by atoms with Gasteiger partial charge in [-0.25, -0.2) is 4.98 Å². The first-order chi connectivity index (χ1) is 8.41. The second kappa shape index (κ2) is 4.74. The van der Waals surface area contributed by atoms with Crippen molar-refractivity contribution < 1.29 is 17.6 Å². The topological polar surface area (TPSA) is 52.0 Å². The third kappa shape index (κ3) is 2.56. The van der Waals surface area contributed by atoms with Crippen LogP contribution in [-0.4, -0.2) is 4.98 Å². The van der Waals surface area contributed by atoms with Gasteiger partial charge >= 0.3 is 6.18 Å². The van der Waals surface area contributed by atoms with E-state index in [9.17, 15) is 13.2 Å². The fourth-order valence-corrected chi connectivity index (χ4v) is 1.91. The second-order valence-electron chi connectivity index (χ2n) is 3.51. The minimum atomic E-state index is -4.43. The number of nitrogens with two attached hydrogens (primary N) is 1. The first-order valence-electron chi connectivity index (χ1n) is 4.93. The quantitative estimate of drug-likeness (QED) is 0.920. The average Bonchev–Trinajstić information content (AvgIpc) is 2.76. The molecule has 1 heterocycles. The fourth-order valence-electron chi connectivity index (χ4n) is 1.43. The molecule has 0 aliphatic rings. The molecule has 2 N–H and O–H groups in total. The van der Waals surface area contributed by atoms with Crippen LogP contribution in [0.4, 0.5) is 13.2 Å². The summed E-state index contributed by atoms with van der Waals surface area (Å²) in [6, 6.07) is 3.84. The molecule has 1 aromatic heterocycles. The van der Waals surface area contributed by atoms with Crippen LogP contribution in [0.15, 0.2) is 33.3 Å². The zero-order valence-corrected chi connectivity index (χ0v) is 10.5. The molecule has 0 saturated heterocycles. The van der Waals surface area contributed by atoms with Crippen LogP contribution in [0.5, 0.6) is 0 Å². The highest BCUT2D eigenvalue weighted by atomic mass is 79.9. The molecule has 3 nitrogen and oxygen atoms in total. The summed E-state index contributed by atoms with van der Waals surface area (Å²) in [7, 11) is 0. The summed E-state index contributed by atoms with van der Waals surface area (Å²) in [6.45, 7) is 0.0999. The average molecular weight is 321 g/mol. The summed E-state index contributed by atoms with van der Waals surface area (Å²) in [5.74, 6) is 0.537. The Morgan fingerprint density at radius 2 is 2.06 bits per heavy atom. The molecule has 0 bridgehead atoms. The predicted molar refractivity (Wildman–Crippen MR) is 62.5 cm³/mol. The Hall–Kier alpha value is -1.34. The highest BCUT2D eigenvalue weighted by molar-refractivity contribution is 9.10. The lowest BCUT2D eigenvalue weighted by Gasteiger charge is -2.09. The van der Waals surface area contributed by atoms with Gasteiger partial charge in [0.15, 0.2) is 5.76 Å². The van der Waals surface area contributed by atoms with Crippen molar-refractivity contribution >= 4 is 15.9 Å². The normalized spacial score (nSPS) is 11.8. The minimum absolute atomic E-state index is 0.0164. The molecule has 18 heavy (non-hydrogen) atoms. The number of nitrogens with zero attached hydrogens (tertiary/aromatic N) is 1. The lowest BCUT2D eigenvalue weighted by Crippen LogP contribution is -2.06. The van der Waals surface area contributed by atoms with Gasteiger partial charge in [-0.2, -0.15) is 13.2 Å². The Balaban J connectivity index is 2.47. The maximum Gasteiger partial charge on any atom is 0.417 e. The Morgan fingerprint density at radius 3 is 2.61 bits per heavy atom. The van der Waals surface area contributed by atoms with E-state index in [1.165, 1.54) is 18.3 Å². The van der Waals surface area contributed by atoms with E-state index in [2.05, 4.69) is 20.9 Å². The van der Waals surface area contributed by atoms with Crippen LogP contribution in [-0.2, 0) is 12.7 Å². The van der Waals surface area contributed by atoms with Gasteiger partial charge in [0.05, 0.1) is 18.3 Å². The standard InChI is InChI=1S/C11H8BrF3N2O/c12-8-2-1-6(3-7(8)11(13,14)15)9-5-17-10(4-16)18-9/h1-3,5H,4,16H2. The van der Waals surface area contributed by atoms with Crippen LogP contribution < -0.4 is 5.73 Å². The number of benzene rings is 1. The molecule has 0 atom stereocenters. The van der Waals surface area contributed by atoms with Crippen LogP contribution >= 0.6 is 15.9 Å². The number of halogens is 4. The van der Waals surface area contributed by atoms with Crippen molar-refractivity contribution in [3.63, 3.8) is 0 Å². The van der Waals surface area contributed by atoms with E-state index < -0.39 is 11.7 Å². The van der Waals surface area contributed by atoms with Crippen LogP contribution in [0.3, 0.4) is 0 Å². The van der Waals surface area contributed by atoms with Gasteiger partial charge in [0.25, 0.3) is 0 Å². The lowest BCUT2D eigenvalue weighted by molar-refractivity contribution is -0.138. The molecule has 0 unspecified atom stereocenters. The van der Waals surface area contributed by atoms with Crippen molar-refractivity contribution in [1.82, 2.24) is 4.98 Å². The molecular formula is C11H8BrF3N2O. The summed E-state index contributed by atoms with van der Waals surface area (Å²) in [5.41, 5.74) is 4.87. The molecule has 2 rings (SSSR count). The molecular weight excluding hydrogens is 313 g/mol. The fraction of sp³-hybridized carbons (Fsp3) is 0.182. The smallest absolute Gasteiger partial charge is 0.417 e. The van der Waals surface area contributed by atoms with Gasteiger partial charge in [0.2, 0.25) is 5.89 Å². The summed E-state index contributed by atoms with van der Waals surface area (Å²) in [5, 5.41) is 0. The molecule has 0 radical (unpaired) electrons. The van der Waals surface area contributed by atoms with Gasteiger partial charge in [0.1, 0.15) is 0 Å². The van der Waals surface area contributed by atoms with Gasteiger partial charge in [-0.15, -0.1) is 0 Å². The lowest BCUT2D eigenvalue weighted by atomic mass is 10.1. The number of rotatable bonds is 2. The van der Waals surface area contributed by atoms with E-state index in [1.54, 1.807) is 0 Å². The molecule has 7 heteroatoms. The highest BCUT2D eigenvalue weighted by Crippen LogP contribution is 2.37. The van der Waals surface area contributed by atoms with Gasteiger partial charge in [0, 0.05) is 10.0 Å². The number of hydrogen-bond donors (Lipinski definition) is 1. The molecule has 0 amide bonds. The Morgan fingerprint density at radius 1 is 1.33 bits per heavy atom. The van der Waals surface area contributed by atoms with Crippen molar-refractivity contribution in [3.05, 3.63) is 40.3 Å². The van der Waals surface area contributed by atoms with E-state index >= 15 is 0 Å². The summed E-state index contributed by atoms with van der Waals surface area (Å²) >= 11 is 2.87. The maximum atomic E-state index is 12.7. The predicted octanol–water partition coefficient (Wildman–Crippen LogP) is 3.58. The minimum Gasteiger partial charge on any atom is -0.439 e. The number of alkyl halides is 3. The molecule has 0 spiro atoms. The van der Waals surface area contributed by atoms with E-state index in [4.69, 9.17) is 10.2 Å². The first-order valence-corrected chi connectivity index (χ1v) is 5.73. The molecule has 1 aromatic carbocycles. The van der Waals surface area contributed by atoms with Gasteiger partial charge < -0.3 is 10.2 Å². The van der Waals surface area contributed by atoms with E-state index in [0.29, 0.717) is 5.56 Å². The van der Waals surface area contributed by atoms with Crippen LogP contribution in [0.25, 0.3) is 11.3 Å². The molecule has 2 aromatic rings. The Bertz CT molecular complexity index is 566. The molecule has 0 aliphatic carbocycles. The van der Waals surface area contributed by atoms with Crippen LogP contribution in [0.1, 0.15) is 11.5 Å². The number of aromatic nitrogens is 1. The monoisotopic (exact) mass is 320 g/mol. The molecule has 0 aliphatic heterocycles. The van der Waals surface area contributed by atoms with Crippen molar-refractivity contribution in [2.45, 2.75) is 12.7 Å². The van der Waals surface area contributed by atoms with Gasteiger partial charge in [-0.3, -0.25) is 0 Å². The molecule has 96 valence electrons. The van der Waals surface area contributed by atoms with Crippen molar-refractivity contribution in [3.8, 4) is 11.3 Å². The Kier molecular flexibility index (Phi) is 3.45. The largest absolute Gasteiger partial charge is 0.439 e. The number of oxazole rings is 1. The van der Waals surface area contributed by atoms with Crippen LogP contribution in [0.2, 0.25) is 0 Å². The number of hydrogen-bond acceptors (Lipinski definition) is 3. The highest BCUT2D eigenvalue weighted by Gasteiger charge is 2.33. The van der Waals surface area contributed by atoms with Crippen molar-refractivity contribution in [1.29, 1.82) is 0 Å². The van der Waals surface area contributed by atoms with E-state index in [-0.39, 0.29) is 22.7 Å². The summed E-state index contributed by atoms with van der Waals surface area (Å²) in [6.07, 6.45) is -3.07. The zero-order chi connectivity index (χ0) is 13.3. The van der Waals surface area contributed by atoms with Gasteiger partial charge in [-0.1, -0.05) is 22.0 Å². The van der Waals surface area contributed by atoms with Crippen molar-refractivity contribution in [2.24, 2.45) is 5.73 Å². The Labute approximate surface area is 109 Å². The van der Waals surface area contributed by atoms with Crippen LogP contribution in [0, 0.1) is 0 Å².